The smallest absolute Gasteiger partial charge is 0.165 e. The van der Waals surface area contributed by atoms with Crippen LogP contribution in [0.2, 0.25) is 0 Å². The van der Waals surface area contributed by atoms with Crippen molar-refractivity contribution in [3.63, 3.8) is 0 Å². The lowest BCUT2D eigenvalue weighted by molar-refractivity contribution is 0.198. The van der Waals surface area contributed by atoms with Gasteiger partial charge in [-0.1, -0.05) is 18.2 Å². The molecule has 2 aromatic carbocycles. The highest BCUT2D eigenvalue weighted by molar-refractivity contribution is 5.34. The van der Waals surface area contributed by atoms with Gasteiger partial charge in [-0.3, -0.25) is 0 Å². The number of aliphatic hydroxyl groups is 1. The van der Waals surface area contributed by atoms with Crippen molar-refractivity contribution < 1.29 is 14.2 Å². The Labute approximate surface area is 116 Å². The number of nitriles is 1. The predicted molar refractivity (Wildman–Crippen MR) is 72.5 cm³/mol. The van der Waals surface area contributed by atoms with Gasteiger partial charge in [0.2, 0.25) is 0 Å². The molecule has 1 unspecified atom stereocenters. The molecule has 2 rings (SSSR count). The van der Waals surface area contributed by atoms with Crippen molar-refractivity contribution >= 4 is 0 Å². The SMILES string of the molecule is CC(O)c1ccc(OCc2cccc(C#N)c2)c(F)c1. The molecule has 20 heavy (non-hydrogen) atoms. The van der Waals surface area contributed by atoms with Crippen LogP contribution in [0.1, 0.15) is 29.7 Å². The molecule has 0 aliphatic rings. The Bertz CT molecular complexity index is 647. The van der Waals surface area contributed by atoms with E-state index < -0.39 is 11.9 Å². The van der Waals surface area contributed by atoms with Crippen molar-refractivity contribution in [2.45, 2.75) is 19.6 Å². The van der Waals surface area contributed by atoms with E-state index in [9.17, 15) is 9.50 Å². The summed E-state index contributed by atoms with van der Waals surface area (Å²) in [5.41, 5.74) is 1.83. The summed E-state index contributed by atoms with van der Waals surface area (Å²) in [6, 6.07) is 13.4. The normalized spacial score (nSPS) is 11.7. The quantitative estimate of drug-likeness (QED) is 0.928. The van der Waals surface area contributed by atoms with E-state index >= 15 is 0 Å². The molecule has 0 saturated carbocycles. The van der Waals surface area contributed by atoms with E-state index in [-0.39, 0.29) is 12.4 Å². The highest BCUT2D eigenvalue weighted by Gasteiger charge is 2.08. The Morgan fingerprint density at radius 1 is 1.30 bits per heavy atom. The van der Waals surface area contributed by atoms with Gasteiger partial charge in [-0.15, -0.1) is 0 Å². The molecule has 0 heterocycles. The molecule has 0 spiro atoms. The summed E-state index contributed by atoms with van der Waals surface area (Å²) in [7, 11) is 0. The third-order valence-corrected chi connectivity index (χ3v) is 2.89. The van der Waals surface area contributed by atoms with Gasteiger partial charge in [-0.25, -0.2) is 4.39 Å². The molecule has 0 aromatic heterocycles. The van der Waals surface area contributed by atoms with Crippen LogP contribution in [-0.4, -0.2) is 5.11 Å². The molecular weight excluding hydrogens is 257 g/mol. The zero-order valence-corrected chi connectivity index (χ0v) is 11.0. The number of hydrogen-bond donors (Lipinski definition) is 1. The van der Waals surface area contributed by atoms with Gasteiger partial charge in [-0.05, 0) is 42.3 Å². The average Bonchev–Trinajstić information content (AvgIpc) is 2.46. The topological polar surface area (TPSA) is 53.2 Å². The minimum Gasteiger partial charge on any atom is -0.486 e. The number of benzene rings is 2. The maximum Gasteiger partial charge on any atom is 0.165 e. The summed E-state index contributed by atoms with van der Waals surface area (Å²) >= 11 is 0. The Balaban J connectivity index is 2.09. The van der Waals surface area contributed by atoms with E-state index in [1.807, 2.05) is 12.1 Å². The second kappa shape index (κ2) is 6.18. The van der Waals surface area contributed by atoms with Gasteiger partial charge in [0.15, 0.2) is 11.6 Å². The lowest BCUT2D eigenvalue weighted by atomic mass is 10.1. The van der Waals surface area contributed by atoms with Crippen LogP contribution in [0, 0.1) is 17.1 Å². The maximum atomic E-state index is 13.8. The van der Waals surface area contributed by atoms with Gasteiger partial charge in [0, 0.05) is 0 Å². The Kier molecular flexibility index (Phi) is 4.34. The fourth-order valence-corrected chi connectivity index (χ4v) is 1.79. The molecule has 0 aliphatic heterocycles. The third kappa shape index (κ3) is 3.34. The molecule has 1 atom stereocenters. The highest BCUT2D eigenvalue weighted by Crippen LogP contribution is 2.22. The van der Waals surface area contributed by atoms with Crippen molar-refractivity contribution in [2.24, 2.45) is 0 Å². The monoisotopic (exact) mass is 271 g/mol. The number of nitrogens with zero attached hydrogens (tertiary/aromatic N) is 1. The van der Waals surface area contributed by atoms with Crippen molar-refractivity contribution in [3.05, 3.63) is 65.0 Å². The predicted octanol–water partition coefficient (Wildman–Crippen LogP) is 3.33. The fourth-order valence-electron chi connectivity index (χ4n) is 1.79. The van der Waals surface area contributed by atoms with Crippen LogP contribution < -0.4 is 4.74 Å². The Hall–Kier alpha value is -2.38. The number of halogens is 1. The molecule has 0 aliphatic carbocycles. The van der Waals surface area contributed by atoms with Gasteiger partial charge in [0.05, 0.1) is 17.7 Å². The molecule has 4 heteroatoms. The van der Waals surface area contributed by atoms with Gasteiger partial charge in [-0.2, -0.15) is 5.26 Å². The molecular formula is C16H14FNO2. The van der Waals surface area contributed by atoms with Gasteiger partial charge < -0.3 is 9.84 Å². The zero-order chi connectivity index (χ0) is 14.5. The highest BCUT2D eigenvalue weighted by atomic mass is 19.1. The molecule has 0 radical (unpaired) electrons. The van der Waals surface area contributed by atoms with Crippen molar-refractivity contribution in [2.75, 3.05) is 0 Å². The Morgan fingerprint density at radius 3 is 2.75 bits per heavy atom. The fraction of sp³-hybridized carbons (Fsp3) is 0.188. The van der Waals surface area contributed by atoms with E-state index in [4.69, 9.17) is 10.00 Å². The summed E-state index contributed by atoms with van der Waals surface area (Å²) in [6.07, 6.45) is -0.717. The first kappa shape index (κ1) is 14.0. The van der Waals surface area contributed by atoms with Crippen LogP contribution in [-0.2, 0) is 6.61 Å². The lowest BCUT2D eigenvalue weighted by Gasteiger charge is -2.10. The molecule has 1 N–H and O–H groups in total. The summed E-state index contributed by atoms with van der Waals surface area (Å²) in [6.45, 7) is 1.75. The summed E-state index contributed by atoms with van der Waals surface area (Å²) in [5.74, 6) is -0.392. The lowest BCUT2D eigenvalue weighted by Crippen LogP contribution is -1.99. The molecule has 102 valence electrons. The van der Waals surface area contributed by atoms with E-state index in [2.05, 4.69) is 0 Å². The molecule has 0 amide bonds. The number of hydrogen-bond acceptors (Lipinski definition) is 3. The molecule has 0 bridgehead atoms. The van der Waals surface area contributed by atoms with Crippen LogP contribution in [0.5, 0.6) is 5.75 Å². The van der Waals surface area contributed by atoms with Crippen LogP contribution in [0.15, 0.2) is 42.5 Å². The second-order valence-electron chi connectivity index (χ2n) is 4.47. The van der Waals surface area contributed by atoms with Crippen LogP contribution >= 0.6 is 0 Å². The van der Waals surface area contributed by atoms with Gasteiger partial charge in [0.1, 0.15) is 6.61 Å². The molecule has 0 saturated heterocycles. The standard InChI is InChI=1S/C16H14FNO2/c1-11(19)14-5-6-16(15(17)8-14)20-10-13-4-2-3-12(7-13)9-18/h2-8,11,19H,10H2,1H3. The first-order chi connectivity index (χ1) is 9.60. The summed E-state index contributed by atoms with van der Waals surface area (Å²) in [4.78, 5) is 0. The molecule has 2 aromatic rings. The van der Waals surface area contributed by atoms with Crippen LogP contribution in [0.3, 0.4) is 0 Å². The maximum absolute atomic E-state index is 13.8. The molecule has 3 nitrogen and oxygen atoms in total. The van der Waals surface area contributed by atoms with Crippen LogP contribution in [0.25, 0.3) is 0 Å². The largest absolute Gasteiger partial charge is 0.486 e. The van der Waals surface area contributed by atoms with E-state index in [0.717, 1.165) is 5.56 Å². The summed E-state index contributed by atoms with van der Waals surface area (Å²) < 4.78 is 19.2. The minimum absolute atomic E-state index is 0.122. The number of rotatable bonds is 4. The average molecular weight is 271 g/mol. The molecule has 0 fully saturated rings. The third-order valence-electron chi connectivity index (χ3n) is 2.89. The number of aliphatic hydroxyl groups excluding tert-OH is 1. The number of ether oxygens (including phenoxy) is 1. The van der Waals surface area contributed by atoms with E-state index in [0.29, 0.717) is 11.1 Å². The first-order valence-electron chi connectivity index (χ1n) is 6.19. The summed E-state index contributed by atoms with van der Waals surface area (Å²) in [5, 5.41) is 18.2. The Morgan fingerprint density at radius 2 is 2.10 bits per heavy atom. The second-order valence-corrected chi connectivity index (χ2v) is 4.47. The minimum atomic E-state index is -0.717. The van der Waals surface area contributed by atoms with E-state index in [1.54, 1.807) is 31.2 Å². The van der Waals surface area contributed by atoms with Gasteiger partial charge in [0.25, 0.3) is 0 Å². The zero-order valence-electron chi connectivity index (χ0n) is 11.0. The van der Waals surface area contributed by atoms with Crippen molar-refractivity contribution in [1.82, 2.24) is 0 Å². The van der Waals surface area contributed by atoms with Crippen molar-refractivity contribution in [3.8, 4) is 11.8 Å². The van der Waals surface area contributed by atoms with Crippen LogP contribution in [0.4, 0.5) is 4.39 Å². The van der Waals surface area contributed by atoms with Gasteiger partial charge >= 0.3 is 0 Å². The van der Waals surface area contributed by atoms with E-state index in [1.165, 1.54) is 12.1 Å². The first-order valence-corrected chi connectivity index (χ1v) is 6.19. The van der Waals surface area contributed by atoms with Crippen molar-refractivity contribution in [1.29, 1.82) is 5.26 Å².